The molecule has 0 aliphatic rings. The largest absolute Gasteiger partial charge is 0.302 e. The topological polar surface area (TPSA) is 85.6 Å². The Morgan fingerprint density at radius 2 is 2.00 bits per heavy atom. The van der Waals surface area contributed by atoms with Crippen LogP contribution in [0.15, 0.2) is 29.4 Å². The number of nitrogens with zero attached hydrogens (tertiary/aromatic N) is 5. The van der Waals surface area contributed by atoms with E-state index in [2.05, 4.69) is 25.7 Å². The molecule has 130 valence electrons. The molecule has 2 aromatic heterocycles. The first kappa shape index (κ1) is 17.5. The second-order valence-corrected chi connectivity index (χ2v) is 7.14. The number of carbonyl (C=O) groups is 1. The summed E-state index contributed by atoms with van der Waals surface area (Å²) < 4.78 is 15.0. The maximum absolute atomic E-state index is 13.1. The molecule has 1 aromatic carbocycles. The van der Waals surface area contributed by atoms with E-state index in [1.807, 2.05) is 18.4 Å². The van der Waals surface area contributed by atoms with Gasteiger partial charge in [0, 0.05) is 12.1 Å². The molecule has 0 aliphatic carbocycles. The summed E-state index contributed by atoms with van der Waals surface area (Å²) in [6, 6.07) is 6.08. The Bertz CT molecular complexity index is 877. The van der Waals surface area contributed by atoms with E-state index >= 15 is 0 Å². The number of hydrogen-bond donors (Lipinski definition) is 1. The summed E-state index contributed by atoms with van der Waals surface area (Å²) in [6.45, 7) is 4.42. The number of aryl methyl sites for hydroxylation is 1. The first-order chi connectivity index (χ1) is 12.1. The zero-order valence-corrected chi connectivity index (χ0v) is 15.2. The lowest BCUT2D eigenvalue weighted by Crippen LogP contribution is -2.14. The molecule has 0 fully saturated rings. The van der Waals surface area contributed by atoms with E-state index in [0.29, 0.717) is 22.7 Å². The molecule has 10 heteroatoms. The molecular weight excluding hydrogens is 363 g/mol. The lowest BCUT2D eigenvalue weighted by atomic mass is 10.2. The van der Waals surface area contributed by atoms with Crippen LogP contribution in [0.2, 0.25) is 0 Å². The highest BCUT2D eigenvalue weighted by Crippen LogP contribution is 2.24. The van der Waals surface area contributed by atoms with Gasteiger partial charge in [-0.2, -0.15) is 0 Å². The number of thioether (sulfide) groups is 1. The Hall–Kier alpha value is -2.33. The zero-order valence-electron chi connectivity index (χ0n) is 13.6. The highest BCUT2D eigenvalue weighted by molar-refractivity contribution is 7.99. The van der Waals surface area contributed by atoms with Crippen LogP contribution in [0.4, 0.5) is 9.52 Å². The van der Waals surface area contributed by atoms with Gasteiger partial charge in [-0.25, -0.2) is 4.39 Å². The van der Waals surface area contributed by atoms with Crippen molar-refractivity contribution in [3.63, 3.8) is 0 Å². The minimum Gasteiger partial charge on any atom is -0.302 e. The third-order valence-corrected chi connectivity index (χ3v) is 4.96. The molecule has 0 radical (unpaired) electrons. The first-order valence-electron chi connectivity index (χ1n) is 7.48. The van der Waals surface area contributed by atoms with Crippen molar-refractivity contribution in [3.05, 3.63) is 35.1 Å². The van der Waals surface area contributed by atoms with Gasteiger partial charge < -0.3 is 4.57 Å². The maximum Gasteiger partial charge on any atom is 0.236 e. The predicted octanol–water partition coefficient (Wildman–Crippen LogP) is 2.99. The van der Waals surface area contributed by atoms with Crippen molar-refractivity contribution in [2.24, 2.45) is 0 Å². The zero-order chi connectivity index (χ0) is 17.8. The molecule has 0 unspecified atom stereocenters. The molecule has 0 aliphatic heterocycles. The minimum absolute atomic E-state index is 0.181. The van der Waals surface area contributed by atoms with Crippen molar-refractivity contribution in [2.45, 2.75) is 25.5 Å². The number of benzene rings is 1. The minimum atomic E-state index is -0.301. The molecule has 0 saturated carbocycles. The third-order valence-electron chi connectivity index (χ3n) is 3.24. The van der Waals surface area contributed by atoms with Crippen molar-refractivity contribution >= 4 is 34.1 Å². The molecule has 3 rings (SSSR count). The van der Waals surface area contributed by atoms with Gasteiger partial charge in [-0.15, -0.1) is 20.4 Å². The number of aromatic nitrogens is 5. The highest BCUT2D eigenvalue weighted by atomic mass is 32.2. The molecule has 1 N–H and O–H groups in total. The number of carbonyl (C=O) groups excluding carboxylic acids is 1. The van der Waals surface area contributed by atoms with Crippen molar-refractivity contribution in [3.8, 4) is 11.4 Å². The van der Waals surface area contributed by atoms with Crippen LogP contribution in [-0.2, 0) is 11.3 Å². The summed E-state index contributed by atoms with van der Waals surface area (Å²) in [4.78, 5) is 12.0. The summed E-state index contributed by atoms with van der Waals surface area (Å²) in [7, 11) is 0. The molecule has 0 atom stereocenters. The van der Waals surface area contributed by atoms with E-state index in [-0.39, 0.29) is 17.5 Å². The van der Waals surface area contributed by atoms with Crippen molar-refractivity contribution in [2.75, 3.05) is 11.1 Å². The lowest BCUT2D eigenvalue weighted by Gasteiger charge is -2.07. The average Bonchev–Trinajstić information content (AvgIpc) is 3.19. The Morgan fingerprint density at radius 1 is 1.24 bits per heavy atom. The molecule has 25 heavy (non-hydrogen) atoms. The fraction of sp³-hybridized carbons (Fsp3) is 0.267. The number of anilines is 1. The van der Waals surface area contributed by atoms with Gasteiger partial charge in [-0.1, -0.05) is 23.1 Å². The Balaban J connectivity index is 1.68. The van der Waals surface area contributed by atoms with Crippen LogP contribution in [0, 0.1) is 12.7 Å². The van der Waals surface area contributed by atoms with Gasteiger partial charge in [0.2, 0.25) is 11.0 Å². The summed E-state index contributed by atoms with van der Waals surface area (Å²) in [6.07, 6.45) is 0. The second kappa shape index (κ2) is 7.70. The third kappa shape index (κ3) is 4.20. The average molecular weight is 378 g/mol. The van der Waals surface area contributed by atoms with Gasteiger partial charge in [-0.05, 0) is 38.1 Å². The molecule has 3 aromatic rings. The monoisotopic (exact) mass is 378 g/mol. The molecule has 1 amide bonds. The molecule has 0 saturated heterocycles. The molecule has 0 spiro atoms. The summed E-state index contributed by atoms with van der Waals surface area (Å²) >= 11 is 2.60. The van der Waals surface area contributed by atoms with E-state index < -0.39 is 0 Å². The van der Waals surface area contributed by atoms with E-state index in [9.17, 15) is 9.18 Å². The SMILES string of the molecule is CCn1c(SCC(=O)Nc2nnc(C)s2)nnc1-c1ccc(F)cc1. The van der Waals surface area contributed by atoms with E-state index in [4.69, 9.17) is 0 Å². The number of amides is 1. The number of hydrogen-bond acceptors (Lipinski definition) is 7. The predicted molar refractivity (Wildman–Crippen MR) is 95.1 cm³/mol. The lowest BCUT2D eigenvalue weighted by molar-refractivity contribution is -0.113. The Kier molecular flexibility index (Phi) is 5.39. The van der Waals surface area contributed by atoms with Gasteiger partial charge in [-0.3, -0.25) is 10.1 Å². The Morgan fingerprint density at radius 3 is 2.64 bits per heavy atom. The van der Waals surface area contributed by atoms with Crippen LogP contribution >= 0.6 is 23.1 Å². The summed E-state index contributed by atoms with van der Waals surface area (Å²) in [5.74, 6) is 0.338. The van der Waals surface area contributed by atoms with Crippen molar-refractivity contribution < 1.29 is 9.18 Å². The van der Waals surface area contributed by atoms with Crippen LogP contribution in [-0.4, -0.2) is 36.6 Å². The van der Waals surface area contributed by atoms with Gasteiger partial charge in [0.15, 0.2) is 11.0 Å². The molecule has 2 heterocycles. The van der Waals surface area contributed by atoms with Crippen LogP contribution in [0.5, 0.6) is 0 Å². The van der Waals surface area contributed by atoms with Crippen molar-refractivity contribution in [1.82, 2.24) is 25.0 Å². The van der Waals surface area contributed by atoms with Crippen LogP contribution in [0.3, 0.4) is 0 Å². The second-order valence-electron chi connectivity index (χ2n) is 5.02. The molecular formula is C15H15FN6OS2. The van der Waals surface area contributed by atoms with Crippen LogP contribution in [0.1, 0.15) is 11.9 Å². The quantitative estimate of drug-likeness (QED) is 0.664. The standard InChI is InChI=1S/C15H15FN6OS2/c1-3-22-13(10-4-6-11(16)7-5-10)19-21-15(22)24-8-12(23)17-14-20-18-9(2)25-14/h4-7H,3,8H2,1-2H3,(H,17,20,23). The number of halogens is 1. The van der Waals surface area contributed by atoms with Crippen LogP contribution < -0.4 is 5.32 Å². The fourth-order valence-corrected chi connectivity index (χ4v) is 3.54. The summed E-state index contributed by atoms with van der Waals surface area (Å²) in [5, 5.41) is 20.6. The first-order valence-corrected chi connectivity index (χ1v) is 9.29. The van der Waals surface area contributed by atoms with E-state index in [1.165, 1.54) is 35.2 Å². The number of rotatable bonds is 6. The normalized spacial score (nSPS) is 10.8. The maximum atomic E-state index is 13.1. The van der Waals surface area contributed by atoms with Gasteiger partial charge in [0.1, 0.15) is 10.8 Å². The Labute approximate surface area is 151 Å². The van der Waals surface area contributed by atoms with E-state index in [0.717, 1.165) is 10.6 Å². The van der Waals surface area contributed by atoms with Crippen LogP contribution in [0.25, 0.3) is 11.4 Å². The number of nitrogens with one attached hydrogen (secondary N) is 1. The molecule has 0 bridgehead atoms. The van der Waals surface area contributed by atoms with Crippen molar-refractivity contribution in [1.29, 1.82) is 0 Å². The smallest absolute Gasteiger partial charge is 0.236 e. The van der Waals surface area contributed by atoms with E-state index in [1.54, 1.807) is 12.1 Å². The van der Waals surface area contributed by atoms with Gasteiger partial charge in [0.25, 0.3) is 0 Å². The highest BCUT2D eigenvalue weighted by Gasteiger charge is 2.15. The molecule has 7 nitrogen and oxygen atoms in total. The fourth-order valence-electron chi connectivity index (χ4n) is 2.13. The van der Waals surface area contributed by atoms with Gasteiger partial charge in [0.05, 0.1) is 5.75 Å². The summed E-state index contributed by atoms with van der Waals surface area (Å²) in [5.41, 5.74) is 0.774. The van der Waals surface area contributed by atoms with Gasteiger partial charge >= 0.3 is 0 Å².